The minimum Gasteiger partial charge on any atom is -0.487 e. The molecule has 0 spiro atoms. The van der Waals surface area contributed by atoms with Gasteiger partial charge >= 0.3 is 11.9 Å². The number of halogens is 1. The maximum Gasteiger partial charge on any atom is 0.343 e. The molecule has 0 bridgehead atoms. The van der Waals surface area contributed by atoms with Gasteiger partial charge in [0.2, 0.25) is 5.75 Å². The highest BCUT2D eigenvalue weighted by atomic mass is 35.5. The van der Waals surface area contributed by atoms with Crippen LogP contribution in [0.4, 0.5) is 11.4 Å². The summed E-state index contributed by atoms with van der Waals surface area (Å²) in [5.41, 5.74) is 2.82. The van der Waals surface area contributed by atoms with Crippen molar-refractivity contribution in [2.75, 3.05) is 6.61 Å². The summed E-state index contributed by atoms with van der Waals surface area (Å²) in [5.74, 6) is 0.213. The molecule has 0 aliphatic heterocycles. The number of benzene rings is 4. The SMILES string of the molecule is CCCCCCOc1c(N=Nc2ccc(OC(=O)c3ccc(C)cc3)cc2)ccc(OC(=O)c2ccc(Cl)cc2)c1OC(C)CC. The van der Waals surface area contributed by atoms with E-state index in [1.54, 1.807) is 72.8 Å². The second-order valence-corrected chi connectivity index (χ2v) is 11.3. The van der Waals surface area contributed by atoms with Crippen LogP contribution in [0.25, 0.3) is 0 Å². The summed E-state index contributed by atoms with van der Waals surface area (Å²) in [4.78, 5) is 25.5. The maximum atomic E-state index is 13.0. The predicted octanol–water partition coefficient (Wildman–Crippen LogP) is 10.6. The van der Waals surface area contributed by atoms with Crippen LogP contribution >= 0.6 is 11.6 Å². The van der Waals surface area contributed by atoms with Crippen molar-refractivity contribution in [3.63, 3.8) is 0 Å². The van der Waals surface area contributed by atoms with Gasteiger partial charge in [-0.2, -0.15) is 5.11 Å². The van der Waals surface area contributed by atoms with E-state index in [-0.39, 0.29) is 17.6 Å². The average Bonchev–Trinajstić information content (AvgIpc) is 3.06. The fraction of sp³-hybridized carbons (Fsp3) is 0.297. The van der Waals surface area contributed by atoms with E-state index in [9.17, 15) is 9.59 Å². The van der Waals surface area contributed by atoms with E-state index < -0.39 is 11.9 Å². The van der Waals surface area contributed by atoms with Gasteiger partial charge < -0.3 is 18.9 Å². The van der Waals surface area contributed by atoms with Crippen molar-refractivity contribution in [3.05, 3.63) is 107 Å². The zero-order valence-corrected chi connectivity index (χ0v) is 27.4. The first-order valence-corrected chi connectivity index (χ1v) is 15.9. The second-order valence-electron chi connectivity index (χ2n) is 10.8. The molecule has 0 aliphatic carbocycles. The number of carbonyl (C=O) groups excluding carboxylic acids is 2. The summed E-state index contributed by atoms with van der Waals surface area (Å²) in [5, 5.41) is 9.39. The number of hydrogen-bond donors (Lipinski definition) is 0. The molecule has 1 atom stereocenters. The number of rotatable bonds is 15. The van der Waals surface area contributed by atoms with Crippen LogP contribution < -0.4 is 18.9 Å². The molecule has 4 aromatic carbocycles. The number of carbonyl (C=O) groups is 2. The van der Waals surface area contributed by atoms with Crippen molar-refractivity contribution in [2.45, 2.75) is 65.9 Å². The number of hydrogen-bond acceptors (Lipinski definition) is 8. The highest BCUT2D eigenvalue weighted by Crippen LogP contribution is 2.46. The largest absolute Gasteiger partial charge is 0.487 e. The van der Waals surface area contributed by atoms with Gasteiger partial charge in [0.1, 0.15) is 11.4 Å². The third-order valence-corrected chi connectivity index (χ3v) is 7.34. The quantitative estimate of drug-likeness (QED) is 0.0554. The fourth-order valence-electron chi connectivity index (χ4n) is 4.22. The molecule has 0 amide bonds. The number of unbranched alkanes of at least 4 members (excludes halogenated alkanes) is 3. The number of nitrogens with zero attached hydrogens (tertiary/aromatic N) is 2. The second kappa shape index (κ2) is 17.1. The highest BCUT2D eigenvalue weighted by Gasteiger charge is 2.23. The lowest BCUT2D eigenvalue weighted by molar-refractivity contribution is 0.0717. The van der Waals surface area contributed by atoms with Gasteiger partial charge in [-0.15, -0.1) is 5.11 Å². The van der Waals surface area contributed by atoms with E-state index in [2.05, 4.69) is 17.2 Å². The van der Waals surface area contributed by atoms with Gasteiger partial charge in [0.05, 0.1) is 29.5 Å². The maximum absolute atomic E-state index is 13.0. The van der Waals surface area contributed by atoms with Gasteiger partial charge in [0.25, 0.3) is 0 Å². The number of ether oxygens (including phenoxy) is 4. The standard InChI is InChI=1S/C37H39ClN2O6/c1-5-7-8-9-24-43-34-32(40-39-30-18-20-31(21-19-30)45-36(41)27-12-10-25(3)11-13-27)22-23-33(35(34)44-26(4)6-2)46-37(42)28-14-16-29(38)17-15-28/h10-23,26H,5-9,24H2,1-4H3. The van der Waals surface area contributed by atoms with Crippen molar-refractivity contribution in [1.82, 2.24) is 0 Å². The summed E-state index contributed by atoms with van der Waals surface area (Å²) in [6.07, 6.45) is 4.57. The normalized spacial score (nSPS) is 11.7. The van der Waals surface area contributed by atoms with E-state index in [1.807, 2.05) is 32.9 Å². The van der Waals surface area contributed by atoms with Crippen LogP contribution in [-0.4, -0.2) is 24.6 Å². The van der Waals surface area contributed by atoms with Gasteiger partial charge in [0.15, 0.2) is 11.5 Å². The van der Waals surface area contributed by atoms with Crippen LogP contribution in [0.2, 0.25) is 5.02 Å². The van der Waals surface area contributed by atoms with E-state index in [0.29, 0.717) is 52.1 Å². The molecule has 0 aromatic heterocycles. The Labute approximate surface area is 275 Å². The molecule has 240 valence electrons. The lowest BCUT2D eigenvalue weighted by atomic mass is 10.1. The Bertz CT molecular complexity index is 1620. The molecule has 0 fully saturated rings. The van der Waals surface area contributed by atoms with Crippen molar-refractivity contribution in [3.8, 4) is 23.0 Å². The molecular formula is C37H39ClN2O6. The van der Waals surface area contributed by atoms with E-state index in [1.165, 1.54) is 0 Å². The van der Waals surface area contributed by atoms with Crippen LogP contribution in [0.3, 0.4) is 0 Å². The van der Waals surface area contributed by atoms with E-state index >= 15 is 0 Å². The number of aryl methyl sites for hydroxylation is 1. The van der Waals surface area contributed by atoms with Crippen LogP contribution in [0, 0.1) is 6.92 Å². The Balaban J connectivity index is 1.60. The summed E-state index contributed by atoms with van der Waals surface area (Å²) in [6.45, 7) is 8.46. The minimum atomic E-state index is -0.558. The molecule has 4 aromatic rings. The third kappa shape index (κ3) is 9.91. The van der Waals surface area contributed by atoms with Crippen LogP contribution in [0.1, 0.15) is 79.2 Å². The first-order chi connectivity index (χ1) is 22.3. The number of esters is 2. The van der Waals surface area contributed by atoms with Gasteiger partial charge in [-0.1, -0.05) is 62.4 Å². The molecule has 46 heavy (non-hydrogen) atoms. The molecule has 0 saturated heterocycles. The number of azo groups is 1. The molecule has 1 unspecified atom stereocenters. The van der Waals surface area contributed by atoms with E-state index in [4.69, 9.17) is 30.5 Å². The van der Waals surface area contributed by atoms with Crippen molar-refractivity contribution in [2.24, 2.45) is 10.2 Å². The molecule has 0 heterocycles. The minimum absolute atomic E-state index is 0.197. The van der Waals surface area contributed by atoms with Gasteiger partial charge in [-0.3, -0.25) is 0 Å². The third-order valence-electron chi connectivity index (χ3n) is 7.08. The van der Waals surface area contributed by atoms with Crippen molar-refractivity contribution in [1.29, 1.82) is 0 Å². The molecule has 4 rings (SSSR count). The Morgan fingerprint density at radius 2 is 1.39 bits per heavy atom. The molecule has 0 N–H and O–H groups in total. The highest BCUT2D eigenvalue weighted by molar-refractivity contribution is 6.30. The molecule has 8 nitrogen and oxygen atoms in total. The molecule has 0 aliphatic rings. The molecule has 0 radical (unpaired) electrons. The van der Waals surface area contributed by atoms with Gasteiger partial charge in [-0.25, -0.2) is 9.59 Å². The topological polar surface area (TPSA) is 95.8 Å². The first kappa shape index (κ1) is 34.2. The Morgan fingerprint density at radius 3 is 2.04 bits per heavy atom. The summed E-state index contributed by atoms with van der Waals surface area (Å²) in [6, 6.07) is 23.6. The zero-order chi connectivity index (χ0) is 32.9. The zero-order valence-electron chi connectivity index (χ0n) is 26.6. The summed E-state index contributed by atoms with van der Waals surface area (Å²) >= 11 is 5.99. The van der Waals surface area contributed by atoms with Crippen LogP contribution in [-0.2, 0) is 0 Å². The fourth-order valence-corrected chi connectivity index (χ4v) is 4.35. The lowest BCUT2D eigenvalue weighted by Crippen LogP contribution is -2.14. The molecule has 0 saturated carbocycles. The van der Waals surface area contributed by atoms with Gasteiger partial charge in [-0.05, 0) is 99.5 Å². The predicted molar refractivity (Wildman–Crippen MR) is 180 cm³/mol. The monoisotopic (exact) mass is 642 g/mol. The van der Waals surface area contributed by atoms with Crippen molar-refractivity contribution < 1.29 is 28.5 Å². The first-order valence-electron chi connectivity index (χ1n) is 15.5. The average molecular weight is 643 g/mol. The van der Waals surface area contributed by atoms with E-state index in [0.717, 1.165) is 31.2 Å². The molecular weight excluding hydrogens is 604 g/mol. The van der Waals surface area contributed by atoms with Gasteiger partial charge in [0, 0.05) is 5.02 Å². The Morgan fingerprint density at radius 1 is 0.739 bits per heavy atom. The lowest BCUT2D eigenvalue weighted by Gasteiger charge is -2.20. The summed E-state index contributed by atoms with van der Waals surface area (Å²) < 4.78 is 23.8. The summed E-state index contributed by atoms with van der Waals surface area (Å²) in [7, 11) is 0. The van der Waals surface area contributed by atoms with Crippen LogP contribution in [0.15, 0.2) is 95.2 Å². The van der Waals surface area contributed by atoms with Crippen LogP contribution in [0.5, 0.6) is 23.0 Å². The Hall–Kier alpha value is -4.69. The van der Waals surface area contributed by atoms with Crippen molar-refractivity contribution >= 4 is 34.9 Å². The smallest absolute Gasteiger partial charge is 0.343 e. The Kier molecular flexibility index (Phi) is 12.7. The molecule has 9 heteroatoms.